The molecule has 0 bridgehead atoms. The Morgan fingerprint density at radius 2 is 1.54 bits per heavy atom. The van der Waals surface area contributed by atoms with E-state index in [4.69, 9.17) is 14.7 Å². The van der Waals surface area contributed by atoms with Crippen LogP contribution in [0, 0.1) is 0 Å². The summed E-state index contributed by atoms with van der Waals surface area (Å²) in [4.78, 5) is 10.3. The number of imidazole rings is 1. The van der Waals surface area contributed by atoms with Crippen molar-refractivity contribution >= 4 is 38.6 Å². The van der Waals surface area contributed by atoms with Crippen molar-refractivity contribution in [2.24, 2.45) is 0 Å². The maximum Gasteiger partial charge on any atom is 0.165 e. The Bertz CT molecular complexity index is 1860. The van der Waals surface area contributed by atoms with Gasteiger partial charge in [-0.15, -0.1) is 0 Å². The minimum Gasteiger partial charge on any atom is -0.496 e. The van der Waals surface area contributed by atoms with E-state index in [2.05, 4.69) is 69.6 Å². The second-order valence-electron chi connectivity index (χ2n) is 8.69. The Hall–Kier alpha value is -4.64. The van der Waals surface area contributed by atoms with Crippen LogP contribution in [0.5, 0.6) is 5.75 Å². The molecule has 3 aromatic carbocycles. The minimum atomic E-state index is 0.730. The van der Waals surface area contributed by atoms with Crippen LogP contribution in [0.1, 0.15) is 5.56 Å². The van der Waals surface area contributed by atoms with Crippen LogP contribution in [0.15, 0.2) is 103 Å². The van der Waals surface area contributed by atoms with E-state index < -0.39 is 0 Å². The lowest BCUT2D eigenvalue weighted by Gasteiger charge is -2.13. The van der Waals surface area contributed by atoms with Gasteiger partial charge in [0.15, 0.2) is 5.65 Å². The number of aromatic nitrogens is 4. The summed E-state index contributed by atoms with van der Waals surface area (Å²) >= 11 is 0. The molecule has 5 nitrogen and oxygen atoms in total. The standard InChI is InChI=1S/C30H22N4O/c1-35-24-16-8-6-14-22(24)27-29-26(28-30(32-27)33-18-10-9-17-25(33)31-28)21-13-5-7-15-23(21)34(29)19-20-11-3-2-4-12-20/h2-18H,19H2,1H3. The second-order valence-corrected chi connectivity index (χ2v) is 8.69. The van der Waals surface area contributed by atoms with E-state index in [0.29, 0.717) is 0 Å². The molecule has 4 aromatic heterocycles. The minimum absolute atomic E-state index is 0.730. The van der Waals surface area contributed by atoms with Gasteiger partial charge in [-0.2, -0.15) is 0 Å². The van der Waals surface area contributed by atoms with Crippen LogP contribution in [0.2, 0.25) is 0 Å². The maximum absolute atomic E-state index is 5.79. The predicted molar refractivity (Wildman–Crippen MR) is 141 cm³/mol. The zero-order valence-corrected chi connectivity index (χ0v) is 19.2. The highest BCUT2D eigenvalue weighted by Gasteiger charge is 2.23. The molecule has 0 N–H and O–H groups in total. The summed E-state index contributed by atoms with van der Waals surface area (Å²) in [6, 6.07) is 33.3. The first-order valence-electron chi connectivity index (χ1n) is 11.7. The van der Waals surface area contributed by atoms with E-state index in [1.165, 1.54) is 10.9 Å². The normalized spacial score (nSPS) is 11.7. The molecule has 7 aromatic rings. The molecule has 0 spiro atoms. The Morgan fingerprint density at radius 3 is 2.43 bits per heavy atom. The van der Waals surface area contributed by atoms with E-state index >= 15 is 0 Å². The molecule has 4 heterocycles. The van der Waals surface area contributed by atoms with E-state index in [1.807, 2.05) is 42.6 Å². The van der Waals surface area contributed by atoms with Crippen molar-refractivity contribution in [3.8, 4) is 17.0 Å². The molecule has 7 rings (SSSR count). The van der Waals surface area contributed by atoms with Gasteiger partial charge in [0.1, 0.15) is 22.6 Å². The van der Waals surface area contributed by atoms with Crippen molar-refractivity contribution in [1.29, 1.82) is 0 Å². The number of hydrogen-bond donors (Lipinski definition) is 0. The molecule has 5 heteroatoms. The van der Waals surface area contributed by atoms with E-state index in [0.717, 1.165) is 56.8 Å². The Labute approximate surface area is 201 Å². The van der Waals surface area contributed by atoms with Crippen molar-refractivity contribution in [3.63, 3.8) is 0 Å². The van der Waals surface area contributed by atoms with Gasteiger partial charge in [-0.25, -0.2) is 9.97 Å². The van der Waals surface area contributed by atoms with Gasteiger partial charge < -0.3 is 9.30 Å². The molecule has 168 valence electrons. The van der Waals surface area contributed by atoms with Crippen LogP contribution in [0.4, 0.5) is 0 Å². The van der Waals surface area contributed by atoms with E-state index in [9.17, 15) is 0 Å². The van der Waals surface area contributed by atoms with Gasteiger partial charge in [0, 0.05) is 34.6 Å². The molecule has 0 aliphatic carbocycles. The SMILES string of the molecule is COc1ccccc1-c1nc2c(nc3ccccn32)c2c3ccccc3n(Cc3ccccc3)c12. The molecule has 0 amide bonds. The van der Waals surface area contributed by atoms with Gasteiger partial charge in [0.05, 0.1) is 12.6 Å². The van der Waals surface area contributed by atoms with Crippen LogP contribution < -0.4 is 4.74 Å². The van der Waals surface area contributed by atoms with Gasteiger partial charge >= 0.3 is 0 Å². The number of fused-ring (bicyclic) bond motifs is 7. The zero-order chi connectivity index (χ0) is 23.4. The number of hydrogen-bond acceptors (Lipinski definition) is 3. The molecule has 0 radical (unpaired) electrons. The fourth-order valence-corrected chi connectivity index (χ4v) is 5.16. The van der Waals surface area contributed by atoms with E-state index in [1.54, 1.807) is 7.11 Å². The Kier molecular flexibility index (Phi) is 4.36. The second kappa shape index (κ2) is 7.71. The summed E-state index contributed by atoms with van der Waals surface area (Å²) in [6.45, 7) is 0.730. The molecule has 0 saturated carbocycles. The summed E-state index contributed by atoms with van der Waals surface area (Å²) in [5.74, 6) is 0.797. The summed E-state index contributed by atoms with van der Waals surface area (Å²) in [6.07, 6.45) is 2.03. The number of ether oxygens (including phenoxy) is 1. The van der Waals surface area contributed by atoms with Crippen LogP contribution >= 0.6 is 0 Å². The highest BCUT2D eigenvalue weighted by molar-refractivity contribution is 6.22. The van der Waals surface area contributed by atoms with E-state index in [-0.39, 0.29) is 0 Å². The van der Waals surface area contributed by atoms with Gasteiger partial charge in [-0.1, -0.05) is 66.7 Å². The lowest BCUT2D eigenvalue weighted by atomic mass is 10.1. The molecule has 0 fully saturated rings. The third-order valence-electron chi connectivity index (χ3n) is 6.70. The highest BCUT2D eigenvalue weighted by atomic mass is 16.5. The van der Waals surface area contributed by atoms with Crippen LogP contribution in [0.25, 0.3) is 49.9 Å². The quantitative estimate of drug-likeness (QED) is 0.297. The first-order chi connectivity index (χ1) is 17.3. The molecule has 0 aliphatic rings. The first kappa shape index (κ1) is 19.8. The van der Waals surface area contributed by atoms with Crippen molar-refractivity contribution in [2.75, 3.05) is 7.11 Å². The van der Waals surface area contributed by atoms with Gasteiger partial charge in [0.2, 0.25) is 0 Å². The lowest BCUT2D eigenvalue weighted by molar-refractivity contribution is 0.416. The number of pyridine rings is 2. The third-order valence-corrected chi connectivity index (χ3v) is 6.70. The fourth-order valence-electron chi connectivity index (χ4n) is 5.16. The third kappa shape index (κ3) is 2.95. The monoisotopic (exact) mass is 454 g/mol. The topological polar surface area (TPSA) is 44.4 Å². The molecule has 0 unspecified atom stereocenters. The molecule has 35 heavy (non-hydrogen) atoms. The van der Waals surface area contributed by atoms with Gasteiger partial charge in [-0.05, 0) is 35.9 Å². The smallest absolute Gasteiger partial charge is 0.165 e. The highest BCUT2D eigenvalue weighted by Crippen LogP contribution is 2.41. The van der Waals surface area contributed by atoms with Crippen molar-refractivity contribution in [3.05, 3.63) is 109 Å². The van der Waals surface area contributed by atoms with Gasteiger partial charge in [-0.3, -0.25) is 4.40 Å². The fraction of sp³-hybridized carbons (Fsp3) is 0.0667. The average Bonchev–Trinajstić information content (AvgIpc) is 3.45. The number of methoxy groups -OCH3 is 1. The molecular formula is C30H22N4O. The first-order valence-corrected chi connectivity index (χ1v) is 11.7. The summed E-state index contributed by atoms with van der Waals surface area (Å²) < 4.78 is 10.2. The van der Waals surface area contributed by atoms with Crippen molar-refractivity contribution in [1.82, 2.24) is 18.9 Å². The molecule has 0 saturated heterocycles. The molecular weight excluding hydrogens is 432 g/mol. The lowest BCUT2D eigenvalue weighted by Crippen LogP contribution is -2.02. The zero-order valence-electron chi connectivity index (χ0n) is 19.2. The predicted octanol–water partition coefficient (Wildman–Crippen LogP) is 6.71. The average molecular weight is 455 g/mol. The van der Waals surface area contributed by atoms with Crippen LogP contribution in [0.3, 0.4) is 0 Å². The number of benzene rings is 3. The number of nitrogens with zero attached hydrogens (tertiary/aromatic N) is 4. The molecule has 0 aliphatic heterocycles. The maximum atomic E-state index is 5.79. The van der Waals surface area contributed by atoms with Crippen LogP contribution in [-0.4, -0.2) is 26.0 Å². The molecule has 0 atom stereocenters. The Balaban J connectivity index is 1.71. The van der Waals surface area contributed by atoms with Gasteiger partial charge in [0.25, 0.3) is 0 Å². The Morgan fingerprint density at radius 1 is 0.771 bits per heavy atom. The van der Waals surface area contributed by atoms with Crippen molar-refractivity contribution < 1.29 is 4.74 Å². The summed E-state index contributed by atoms with van der Waals surface area (Å²) in [5, 5.41) is 2.29. The number of rotatable bonds is 4. The summed E-state index contributed by atoms with van der Waals surface area (Å²) in [5.41, 5.74) is 7.95. The van der Waals surface area contributed by atoms with Crippen LogP contribution in [-0.2, 0) is 6.54 Å². The van der Waals surface area contributed by atoms with Crippen molar-refractivity contribution in [2.45, 2.75) is 6.54 Å². The largest absolute Gasteiger partial charge is 0.496 e. The number of para-hydroxylation sites is 2. The summed E-state index contributed by atoms with van der Waals surface area (Å²) in [7, 11) is 1.71.